The second-order valence-electron chi connectivity index (χ2n) is 5.23. The number of alkyl halides is 1. The summed E-state index contributed by atoms with van der Waals surface area (Å²) in [7, 11) is 0. The quantitative estimate of drug-likeness (QED) is 0.755. The van der Waals surface area contributed by atoms with Crippen LogP contribution >= 0.6 is 0 Å². The van der Waals surface area contributed by atoms with Crippen molar-refractivity contribution in [1.82, 2.24) is 9.97 Å². The number of hydrogen-bond donors (Lipinski definition) is 0. The highest BCUT2D eigenvalue weighted by Gasteiger charge is 2.07. The van der Waals surface area contributed by atoms with Crippen LogP contribution in [0.15, 0.2) is 30.6 Å². The van der Waals surface area contributed by atoms with Crippen molar-refractivity contribution in [3.8, 4) is 17.1 Å². The van der Waals surface area contributed by atoms with Gasteiger partial charge in [-0.25, -0.2) is 18.7 Å². The molecule has 1 atom stereocenters. The van der Waals surface area contributed by atoms with Crippen LogP contribution < -0.4 is 4.74 Å². The van der Waals surface area contributed by atoms with E-state index in [1.54, 1.807) is 19.1 Å². The number of halogens is 2. The molecule has 0 radical (unpaired) electrons. The molecule has 5 heteroatoms. The van der Waals surface area contributed by atoms with E-state index in [-0.39, 0.29) is 5.82 Å². The normalized spacial score (nSPS) is 12.2. The molecule has 0 fully saturated rings. The molecular formula is C17H20F2N2O. The number of benzene rings is 1. The summed E-state index contributed by atoms with van der Waals surface area (Å²) in [5.41, 5.74) is 1.19. The minimum atomic E-state index is -0.833. The van der Waals surface area contributed by atoms with Gasteiger partial charge in [0.05, 0.1) is 19.0 Å². The molecule has 1 heterocycles. The number of aryl methyl sites for hydroxylation is 1. The molecule has 0 aliphatic carbocycles. The number of ether oxygens (including phenoxy) is 1. The van der Waals surface area contributed by atoms with E-state index < -0.39 is 6.17 Å². The molecule has 1 aromatic heterocycles. The van der Waals surface area contributed by atoms with Crippen molar-refractivity contribution >= 4 is 0 Å². The van der Waals surface area contributed by atoms with Gasteiger partial charge in [-0.15, -0.1) is 0 Å². The Morgan fingerprint density at radius 2 is 1.91 bits per heavy atom. The lowest BCUT2D eigenvalue weighted by Gasteiger charge is -2.09. The number of rotatable bonds is 7. The number of hydrogen-bond acceptors (Lipinski definition) is 3. The summed E-state index contributed by atoms with van der Waals surface area (Å²) >= 11 is 0. The van der Waals surface area contributed by atoms with Crippen molar-refractivity contribution in [3.63, 3.8) is 0 Å². The zero-order valence-electron chi connectivity index (χ0n) is 12.9. The van der Waals surface area contributed by atoms with E-state index in [0.717, 1.165) is 6.42 Å². The van der Waals surface area contributed by atoms with Crippen LogP contribution in [0.4, 0.5) is 8.78 Å². The molecule has 0 bridgehead atoms. The molecule has 0 saturated carbocycles. The molecule has 0 amide bonds. The van der Waals surface area contributed by atoms with Crippen molar-refractivity contribution < 1.29 is 13.5 Å². The molecule has 0 unspecified atom stereocenters. The monoisotopic (exact) mass is 306 g/mol. The van der Waals surface area contributed by atoms with Gasteiger partial charge in [-0.1, -0.05) is 25.5 Å². The van der Waals surface area contributed by atoms with Crippen molar-refractivity contribution in [2.45, 2.75) is 39.3 Å². The molecule has 0 aliphatic heterocycles. The molecule has 0 aliphatic rings. The summed E-state index contributed by atoms with van der Waals surface area (Å²) in [4.78, 5) is 8.31. The Labute approximate surface area is 129 Å². The lowest BCUT2D eigenvalue weighted by Crippen LogP contribution is -2.07. The summed E-state index contributed by atoms with van der Waals surface area (Å²) in [6, 6.07) is 4.87. The Balaban J connectivity index is 1.94. The van der Waals surface area contributed by atoms with Gasteiger partial charge < -0.3 is 4.74 Å². The maximum absolute atomic E-state index is 13.5. The second-order valence-corrected chi connectivity index (χ2v) is 5.23. The van der Waals surface area contributed by atoms with E-state index in [4.69, 9.17) is 4.74 Å². The van der Waals surface area contributed by atoms with Crippen molar-refractivity contribution in [3.05, 3.63) is 42.0 Å². The first kappa shape index (κ1) is 16.3. The standard InChI is InChI=1S/C17H20F2N2O/c1-3-4-14(18)7-8-22-15-10-20-17(21-11-15)13-6-5-12(2)16(19)9-13/h5-6,9-11,14H,3-4,7-8H2,1-2H3/t14-/m1/s1. The van der Waals surface area contributed by atoms with E-state index in [1.807, 2.05) is 6.92 Å². The fourth-order valence-electron chi connectivity index (χ4n) is 2.03. The third-order valence-electron chi connectivity index (χ3n) is 3.36. The van der Waals surface area contributed by atoms with Gasteiger partial charge in [0.2, 0.25) is 0 Å². The topological polar surface area (TPSA) is 35.0 Å². The van der Waals surface area contributed by atoms with Gasteiger partial charge in [0, 0.05) is 12.0 Å². The van der Waals surface area contributed by atoms with Gasteiger partial charge in [0.15, 0.2) is 11.6 Å². The van der Waals surface area contributed by atoms with E-state index in [2.05, 4.69) is 9.97 Å². The van der Waals surface area contributed by atoms with Gasteiger partial charge in [-0.2, -0.15) is 0 Å². The van der Waals surface area contributed by atoms with E-state index >= 15 is 0 Å². The van der Waals surface area contributed by atoms with Crippen molar-refractivity contribution in [2.24, 2.45) is 0 Å². The van der Waals surface area contributed by atoms with Crippen LogP contribution in [-0.2, 0) is 0 Å². The van der Waals surface area contributed by atoms with Gasteiger partial charge >= 0.3 is 0 Å². The predicted molar refractivity (Wildman–Crippen MR) is 82.1 cm³/mol. The maximum Gasteiger partial charge on any atom is 0.159 e. The Hall–Kier alpha value is -2.04. The SMILES string of the molecule is CCC[C@@H](F)CCOc1cnc(-c2ccc(C)c(F)c2)nc1. The largest absolute Gasteiger partial charge is 0.490 e. The molecule has 3 nitrogen and oxygen atoms in total. The Morgan fingerprint density at radius 3 is 2.55 bits per heavy atom. The molecule has 118 valence electrons. The summed E-state index contributed by atoms with van der Waals surface area (Å²) in [5.74, 6) is 0.631. The first-order valence-corrected chi connectivity index (χ1v) is 7.45. The lowest BCUT2D eigenvalue weighted by atomic mass is 10.1. The third-order valence-corrected chi connectivity index (χ3v) is 3.36. The molecule has 2 rings (SSSR count). The van der Waals surface area contributed by atoms with Crippen LogP contribution in [0.1, 0.15) is 31.7 Å². The van der Waals surface area contributed by atoms with Gasteiger partial charge in [0.25, 0.3) is 0 Å². The van der Waals surface area contributed by atoms with Crippen LogP contribution in [0.2, 0.25) is 0 Å². The Morgan fingerprint density at radius 1 is 1.18 bits per heavy atom. The number of aromatic nitrogens is 2. The Kier molecular flexibility index (Phi) is 5.81. The van der Waals surface area contributed by atoms with Gasteiger partial charge in [0.1, 0.15) is 12.0 Å². The highest BCUT2D eigenvalue weighted by atomic mass is 19.1. The van der Waals surface area contributed by atoms with Gasteiger partial charge in [-0.3, -0.25) is 0 Å². The fourth-order valence-corrected chi connectivity index (χ4v) is 2.03. The molecule has 2 aromatic rings. The lowest BCUT2D eigenvalue weighted by molar-refractivity contribution is 0.224. The molecule has 1 aromatic carbocycles. The smallest absolute Gasteiger partial charge is 0.159 e. The zero-order chi connectivity index (χ0) is 15.9. The third kappa shape index (κ3) is 4.48. The van der Waals surface area contributed by atoms with Crippen LogP contribution in [0.25, 0.3) is 11.4 Å². The molecular weight excluding hydrogens is 286 g/mol. The van der Waals surface area contributed by atoms with Gasteiger partial charge in [-0.05, 0) is 25.0 Å². The number of nitrogens with zero attached hydrogens (tertiary/aromatic N) is 2. The minimum Gasteiger partial charge on any atom is -0.490 e. The second kappa shape index (κ2) is 7.82. The molecule has 0 spiro atoms. The highest BCUT2D eigenvalue weighted by Crippen LogP contribution is 2.19. The summed E-state index contributed by atoms with van der Waals surface area (Å²) in [6.45, 7) is 3.95. The predicted octanol–water partition coefficient (Wildman–Crippen LogP) is 4.50. The summed E-state index contributed by atoms with van der Waals surface area (Å²) in [6.07, 6.45) is 3.95. The van der Waals surface area contributed by atoms with Crippen molar-refractivity contribution in [1.29, 1.82) is 0 Å². The summed E-state index contributed by atoms with van der Waals surface area (Å²) in [5, 5.41) is 0. The van der Waals surface area contributed by atoms with Crippen molar-refractivity contribution in [2.75, 3.05) is 6.61 Å². The van der Waals surface area contributed by atoms with E-state index in [9.17, 15) is 8.78 Å². The summed E-state index contributed by atoms with van der Waals surface area (Å²) < 4.78 is 32.3. The van der Waals surface area contributed by atoms with E-state index in [0.29, 0.717) is 42.1 Å². The maximum atomic E-state index is 13.5. The first-order chi connectivity index (χ1) is 10.6. The van der Waals surface area contributed by atoms with Crippen LogP contribution in [0.5, 0.6) is 5.75 Å². The van der Waals surface area contributed by atoms with Crippen LogP contribution in [0, 0.1) is 12.7 Å². The zero-order valence-corrected chi connectivity index (χ0v) is 12.9. The molecule has 0 N–H and O–H groups in total. The fraction of sp³-hybridized carbons (Fsp3) is 0.412. The Bertz CT molecular complexity index is 602. The average molecular weight is 306 g/mol. The first-order valence-electron chi connectivity index (χ1n) is 7.45. The van der Waals surface area contributed by atoms with Crippen LogP contribution in [0.3, 0.4) is 0 Å². The average Bonchev–Trinajstić information content (AvgIpc) is 2.51. The minimum absolute atomic E-state index is 0.286. The molecule has 0 saturated heterocycles. The highest BCUT2D eigenvalue weighted by molar-refractivity contribution is 5.55. The van der Waals surface area contributed by atoms with Crippen LogP contribution in [-0.4, -0.2) is 22.7 Å². The van der Waals surface area contributed by atoms with E-state index in [1.165, 1.54) is 18.5 Å². The molecule has 22 heavy (non-hydrogen) atoms.